The largest absolute Gasteiger partial charge is 0.316 e. The highest BCUT2D eigenvalue weighted by molar-refractivity contribution is 7.10. The highest BCUT2D eigenvalue weighted by atomic mass is 32.1. The molecule has 0 radical (unpaired) electrons. The third-order valence-electron chi connectivity index (χ3n) is 1.33. The van der Waals surface area contributed by atoms with Gasteiger partial charge in [-0.25, -0.2) is 0 Å². The van der Waals surface area contributed by atoms with E-state index in [2.05, 4.69) is 23.7 Å². The zero-order valence-corrected chi connectivity index (χ0v) is 6.59. The maximum atomic E-state index is 3.12. The Kier molecular flexibility index (Phi) is 2.25. The van der Waals surface area contributed by atoms with Crippen LogP contribution in [-0.2, 0) is 6.54 Å². The second kappa shape index (κ2) is 2.99. The molecule has 0 aromatic carbocycles. The van der Waals surface area contributed by atoms with Gasteiger partial charge in [0.1, 0.15) is 0 Å². The Hall–Kier alpha value is -0.340. The summed E-state index contributed by atoms with van der Waals surface area (Å²) in [6, 6.07) is 2.16. The second-order valence-corrected chi connectivity index (χ2v) is 3.15. The molecule has 0 saturated carbocycles. The molecule has 0 spiro atoms. The SMILES string of the molecule is CNCc1ccsc1C. The van der Waals surface area contributed by atoms with Gasteiger partial charge in [0.05, 0.1) is 0 Å². The number of hydrogen-bond donors (Lipinski definition) is 1. The Morgan fingerprint density at radius 1 is 1.67 bits per heavy atom. The van der Waals surface area contributed by atoms with E-state index in [1.54, 1.807) is 11.3 Å². The average Bonchev–Trinajstić information content (AvgIpc) is 2.18. The van der Waals surface area contributed by atoms with Gasteiger partial charge in [0.25, 0.3) is 0 Å². The van der Waals surface area contributed by atoms with E-state index in [1.807, 2.05) is 7.05 Å². The highest BCUT2D eigenvalue weighted by Gasteiger charge is 1.94. The van der Waals surface area contributed by atoms with Crippen LogP contribution in [0.1, 0.15) is 10.4 Å². The normalized spacial score (nSPS) is 10.0. The Bertz CT molecular complexity index is 181. The van der Waals surface area contributed by atoms with Crippen LogP contribution in [0.4, 0.5) is 0 Å². The lowest BCUT2D eigenvalue weighted by molar-refractivity contribution is 0.817. The first-order valence-corrected chi connectivity index (χ1v) is 3.90. The van der Waals surface area contributed by atoms with Crippen LogP contribution in [0.15, 0.2) is 11.4 Å². The number of thiophene rings is 1. The van der Waals surface area contributed by atoms with Gasteiger partial charge in [-0.05, 0) is 31.0 Å². The maximum Gasteiger partial charge on any atom is 0.0213 e. The van der Waals surface area contributed by atoms with Crippen molar-refractivity contribution >= 4 is 11.3 Å². The molecule has 1 aromatic heterocycles. The molecule has 2 heteroatoms. The standard InChI is InChI=1S/C7H11NS/c1-6-7(5-8-2)3-4-9-6/h3-4,8H,5H2,1-2H3. The molecule has 0 aliphatic rings. The number of hydrogen-bond acceptors (Lipinski definition) is 2. The molecule has 1 N–H and O–H groups in total. The van der Waals surface area contributed by atoms with Crippen molar-refractivity contribution in [1.29, 1.82) is 0 Å². The van der Waals surface area contributed by atoms with E-state index < -0.39 is 0 Å². The quantitative estimate of drug-likeness (QED) is 0.662. The van der Waals surface area contributed by atoms with Gasteiger partial charge in [-0.2, -0.15) is 0 Å². The lowest BCUT2D eigenvalue weighted by Gasteiger charge is -1.94. The molecule has 0 aliphatic heterocycles. The second-order valence-electron chi connectivity index (χ2n) is 2.03. The van der Waals surface area contributed by atoms with Crippen molar-refractivity contribution in [3.63, 3.8) is 0 Å². The molecule has 1 nitrogen and oxygen atoms in total. The predicted octanol–water partition coefficient (Wildman–Crippen LogP) is 1.78. The van der Waals surface area contributed by atoms with Crippen LogP contribution in [0.25, 0.3) is 0 Å². The summed E-state index contributed by atoms with van der Waals surface area (Å²) in [5.74, 6) is 0. The molecular weight excluding hydrogens is 130 g/mol. The van der Waals surface area contributed by atoms with E-state index in [-0.39, 0.29) is 0 Å². The van der Waals surface area contributed by atoms with Crippen LogP contribution in [0.3, 0.4) is 0 Å². The molecule has 1 aromatic rings. The first-order valence-electron chi connectivity index (χ1n) is 3.02. The molecule has 0 fully saturated rings. The third kappa shape index (κ3) is 1.53. The summed E-state index contributed by atoms with van der Waals surface area (Å²) in [6.07, 6.45) is 0. The Morgan fingerprint density at radius 3 is 2.89 bits per heavy atom. The summed E-state index contributed by atoms with van der Waals surface area (Å²) < 4.78 is 0. The molecule has 9 heavy (non-hydrogen) atoms. The van der Waals surface area contributed by atoms with Crippen molar-refractivity contribution < 1.29 is 0 Å². The molecule has 1 rings (SSSR count). The van der Waals surface area contributed by atoms with Gasteiger partial charge in [-0.15, -0.1) is 11.3 Å². The molecule has 0 atom stereocenters. The van der Waals surface area contributed by atoms with E-state index in [4.69, 9.17) is 0 Å². The van der Waals surface area contributed by atoms with Gasteiger partial charge < -0.3 is 5.32 Å². The molecule has 0 amide bonds. The first-order chi connectivity index (χ1) is 4.34. The zero-order valence-electron chi connectivity index (χ0n) is 5.77. The molecule has 0 aliphatic carbocycles. The number of aryl methyl sites for hydroxylation is 1. The average molecular weight is 141 g/mol. The van der Waals surface area contributed by atoms with E-state index in [0.29, 0.717) is 0 Å². The van der Waals surface area contributed by atoms with Crippen LogP contribution in [0, 0.1) is 6.92 Å². The van der Waals surface area contributed by atoms with Crippen molar-refractivity contribution in [2.24, 2.45) is 0 Å². The molecular formula is C7H11NS. The fourth-order valence-corrected chi connectivity index (χ4v) is 1.51. The highest BCUT2D eigenvalue weighted by Crippen LogP contribution is 2.13. The molecule has 0 bridgehead atoms. The summed E-state index contributed by atoms with van der Waals surface area (Å²) in [6.45, 7) is 3.15. The van der Waals surface area contributed by atoms with Gasteiger partial charge in [0, 0.05) is 11.4 Å². The molecule has 0 unspecified atom stereocenters. The van der Waals surface area contributed by atoms with E-state index in [1.165, 1.54) is 10.4 Å². The minimum atomic E-state index is 0.995. The van der Waals surface area contributed by atoms with E-state index >= 15 is 0 Å². The Morgan fingerprint density at radius 2 is 2.44 bits per heavy atom. The number of nitrogens with one attached hydrogen (secondary N) is 1. The van der Waals surface area contributed by atoms with Crippen LogP contribution in [-0.4, -0.2) is 7.05 Å². The number of rotatable bonds is 2. The summed E-state index contributed by atoms with van der Waals surface area (Å²) in [4.78, 5) is 1.42. The third-order valence-corrected chi connectivity index (χ3v) is 2.22. The zero-order chi connectivity index (χ0) is 6.69. The predicted molar refractivity (Wildman–Crippen MR) is 41.8 cm³/mol. The van der Waals surface area contributed by atoms with Gasteiger partial charge in [-0.1, -0.05) is 0 Å². The summed E-state index contributed by atoms with van der Waals surface area (Å²) in [5.41, 5.74) is 1.42. The van der Waals surface area contributed by atoms with Crippen molar-refractivity contribution in [2.45, 2.75) is 13.5 Å². The van der Waals surface area contributed by atoms with Gasteiger partial charge in [0.2, 0.25) is 0 Å². The summed E-state index contributed by atoms with van der Waals surface area (Å²) in [5, 5.41) is 5.24. The van der Waals surface area contributed by atoms with Crippen molar-refractivity contribution in [3.8, 4) is 0 Å². The molecule has 50 valence electrons. The maximum absolute atomic E-state index is 3.12. The fraction of sp³-hybridized carbons (Fsp3) is 0.429. The Balaban J connectivity index is 2.69. The minimum Gasteiger partial charge on any atom is -0.316 e. The molecule has 0 saturated heterocycles. The van der Waals surface area contributed by atoms with Gasteiger partial charge >= 0.3 is 0 Å². The van der Waals surface area contributed by atoms with Crippen LogP contribution >= 0.6 is 11.3 Å². The lowest BCUT2D eigenvalue weighted by atomic mass is 10.3. The summed E-state index contributed by atoms with van der Waals surface area (Å²) >= 11 is 1.80. The van der Waals surface area contributed by atoms with Gasteiger partial charge in [-0.3, -0.25) is 0 Å². The lowest BCUT2D eigenvalue weighted by Crippen LogP contribution is -2.04. The van der Waals surface area contributed by atoms with E-state index in [0.717, 1.165) is 6.54 Å². The van der Waals surface area contributed by atoms with Crippen LogP contribution in [0.2, 0.25) is 0 Å². The Labute approximate surface area is 59.7 Å². The topological polar surface area (TPSA) is 12.0 Å². The fourth-order valence-electron chi connectivity index (χ4n) is 0.785. The smallest absolute Gasteiger partial charge is 0.0213 e. The van der Waals surface area contributed by atoms with Crippen LogP contribution < -0.4 is 5.32 Å². The van der Waals surface area contributed by atoms with Crippen LogP contribution in [0.5, 0.6) is 0 Å². The first kappa shape index (κ1) is 6.78. The van der Waals surface area contributed by atoms with Crippen molar-refractivity contribution in [3.05, 3.63) is 21.9 Å². The minimum absolute atomic E-state index is 0.995. The van der Waals surface area contributed by atoms with E-state index in [9.17, 15) is 0 Å². The van der Waals surface area contributed by atoms with Gasteiger partial charge in [0.15, 0.2) is 0 Å². The van der Waals surface area contributed by atoms with Crippen molar-refractivity contribution in [2.75, 3.05) is 7.05 Å². The van der Waals surface area contributed by atoms with Crippen molar-refractivity contribution in [1.82, 2.24) is 5.32 Å². The monoisotopic (exact) mass is 141 g/mol. The summed E-state index contributed by atoms with van der Waals surface area (Å²) in [7, 11) is 1.97. The molecule has 1 heterocycles.